The van der Waals surface area contributed by atoms with Crippen LogP contribution >= 0.6 is 0 Å². The third-order valence-corrected chi connectivity index (χ3v) is 2.62. The van der Waals surface area contributed by atoms with Crippen LogP contribution in [0.25, 0.3) is 0 Å². The van der Waals surface area contributed by atoms with Gasteiger partial charge in [0.15, 0.2) is 0 Å². The fourth-order valence-electron chi connectivity index (χ4n) is 1.80. The summed E-state index contributed by atoms with van der Waals surface area (Å²) in [6.07, 6.45) is 0.227. The summed E-state index contributed by atoms with van der Waals surface area (Å²) in [6, 6.07) is -0.352. The minimum absolute atomic E-state index is 0.0620. The van der Waals surface area contributed by atoms with E-state index in [1.165, 1.54) is 0 Å². The third kappa shape index (κ3) is 4.70. The van der Waals surface area contributed by atoms with Crippen molar-refractivity contribution in [3.63, 3.8) is 0 Å². The molecule has 1 aliphatic rings. The van der Waals surface area contributed by atoms with Gasteiger partial charge >= 0.3 is 5.97 Å². The quantitative estimate of drug-likeness (QED) is 0.672. The number of rotatable bonds is 6. The molecule has 0 aromatic carbocycles. The number of carbonyl (C=O) groups is 2. The maximum absolute atomic E-state index is 11.9. The van der Waals surface area contributed by atoms with Gasteiger partial charge in [-0.25, -0.2) is 0 Å². The summed E-state index contributed by atoms with van der Waals surface area (Å²) in [6.45, 7) is 4.06. The van der Waals surface area contributed by atoms with Crippen molar-refractivity contribution in [1.29, 1.82) is 0 Å². The Bertz CT molecular complexity index is 269. The second kappa shape index (κ2) is 7.24. The van der Waals surface area contributed by atoms with Crippen LogP contribution in [0, 0.1) is 0 Å². The summed E-state index contributed by atoms with van der Waals surface area (Å²) in [4.78, 5) is 24.1. The van der Waals surface area contributed by atoms with Gasteiger partial charge in [0.25, 0.3) is 0 Å². The smallest absolute Gasteiger partial charge is 0.305 e. The maximum Gasteiger partial charge on any atom is 0.305 e. The van der Waals surface area contributed by atoms with E-state index in [1.807, 2.05) is 6.92 Å². The second-order valence-corrected chi connectivity index (χ2v) is 3.86. The lowest BCUT2D eigenvalue weighted by Gasteiger charge is -2.34. The summed E-state index contributed by atoms with van der Waals surface area (Å²) >= 11 is 0. The molecule has 1 amide bonds. The minimum atomic E-state index is -0.914. The van der Waals surface area contributed by atoms with Crippen LogP contribution in [-0.4, -0.2) is 60.9 Å². The van der Waals surface area contributed by atoms with Crippen molar-refractivity contribution in [2.45, 2.75) is 25.8 Å². The van der Waals surface area contributed by atoms with Crippen LogP contribution < -0.4 is 0 Å². The Balaban J connectivity index is 2.45. The van der Waals surface area contributed by atoms with Crippen molar-refractivity contribution >= 4 is 11.9 Å². The van der Waals surface area contributed by atoms with Gasteiger partial charge in [-0.15, -0.1) is 0 Å². The lowest BCUT2D eigenvalue weighted by molar-refractivity contribution is -0.146. The van der Waals surface area contributed by atoms with Crippen LogP contribution in [0.5, 0.6) is 0 Å². The van der Waals surface area contributed by atoms with Gasteiger partial charge < -0.3 is 19.5 Å². The Morgan fingerprint density at radius 1 is 1.53 bits per heavy atom. The summed E-state index contributed by atoms with van der Waals surface area (Å²) < 4.78 is 10.3. The van der Waals surface area contributed by atoms with Crippen LogP contribution in [0.1, 0.15) is 19.8 Å². The zero-order chi connectivity index (χ0) is 12.7. The van der Waals surface area contributed by atoms with E-state index in [0.29, 0.717) is 39.4 Å². The van der Waals surface area contributed by atoms with E-state index in [1.54, 1.807) is 4.90 Å². The van der Waals surface area contributed by atoms with Crippen LogP contribution in [0.4, 0.5) is 0 Å². The molecule has 1 heterocycles. The number of carbonyl (C=O) groups excluding carboxylic acids is 1. The molecule has 0 bridgehead atoms. The number of morpholine rings is 1. The highest BCUT2D eigenvalue weighted by Crippen LogP contribution is 2.12. The zero-order valence-corrected chi connectivity index (χ0v) is 10.1. The molecule has 1 unspecified atom stereocenters. The lowest BCUT2D eigenvalue weighted by atomic mass is 10.1. The molecule has 6 heteroatoms. The largest absolute Gasteiger partial charge is 0.481 e. The molecule has 1 aliphatic heterocycles. The number of hydrogen-bond acceptors (Lipinski definition) is 4. The van der Waals surface area contributed by atoms with Gasteiger partial charge in [-0.2, -0.15) is 0 Å². The van der Waals surface area contributed by atoms with Crippen molar-refractivity contribution in [2.75, 3.05) is 33.0 Å². The second-order valence-electron chi connectivity index (χ2n) is 3.86. The number of hydrogen-bond donors (Lipinski definition) is 1. The van der Waals surface area contributed by atoms with Crippen molar-refractivity contribution in [3.05, 3.63) is 0 Å². The third-order valence-electron chi connectivity index (χ3n) is 2.62. The molecule has 6 nitrogen and oxygen atoms in total. The SMILES string of the molecule is CCOCCC(=O)N1CCOCC1CC(=O)O. The van der Waals surface area contributed by atoms with Crippen molar-refractivity contribution < 1.29 is 24.2 Å². The maximum atomic E-state index is 11.9. The number of carboxylic acids is 1. The van der Waals surface area contributed by atoms with Crippen molar-refractivity contribution in [3.8, 4) is 0 Å². The van der Waals surface area contributed by atoms with E-state index in [-0.39, 0.29) is 18.4 Å². The molecule has 0 saturated carbocycles. The van der Waals surface area contributed by atoms with E-state index in [2.05, 4.69) is 0 Å². The Morgan fingerprint density at radius 2 is 2.29 bits per heavy atom. The van der Waals surface area contributed by atoms with E-state index >= 15 is 0 Å². The van der Waals surface area contributed by atoms with Crippen LogP contribution in [0.3, 0.4) is 0 Å². The molecule has 17 heavy (non-hydrogen) atoms. The molecule has 1 rings (SSSR count). The Labute approximate surface area is 100 Å². The summed E-state index contributed by atoms with van der Waals surface area (Å²) in [5, 5.41) is 8.76. The van der Waals surface area contributed by atoms with Crippen LogP contribution in [0.2, 0.25) is 0 Å². The molecule has 0 aliphatic carbocycles. The first kappa shape index (κ1) is 13.9. The number of ether oxygens (including phenoxy) is 2. The first-order chi connectivity index (χ1) is 8.15. The summed E-state index contributed by atoms with van der Waals surface area (Å²) in [7, 11) is 0. The highest BCUT2D eigenvalue weighted by Gasteiger charge is 2.28. The van der Waals surface area contributed by atoms with E-state index in [0.717, 1.165) is 0 Å². The first-order valence-electron chi connectivity index (χ1n) is 5.82. The standard InChI is InChI=1S/C11H19NO5/c1-2-16-5-3-10(13)12-4-6-17-8-9(12)7-11(14)15/h9H,2-8H2,1H3,(H,14,15). The normalized spacial score (nSPS) is 20.3. The van der Waals surface area contributed by atoms with Crippen LogP contribution in [-0.2, 0) is 19.1 Å². The Kier molecular flexibility index (Phi) is 5.93. The van der Waals surface area contributed by atoms with Gasteiger partial charge in [-0.05, 0) is 6.92 Å². The summed E-state index contributed by atoms with van der Waals surface area (Å²) in [5.74, 6) is -0.976. The van der Waals surface area contributed by atoms with Crippen LogP contribution in [0.15, 0.2) is 0 Å². The van der Waals surface area contributed by atoms with Gasteiger partial charge in [0.2, 0.25) is 5.91 Å². The molecule has 1 saturated heterocycles. The monoisotopic (exact) mass is 245 g/mol. The topological polar surface area (TPSA) is 76.1 Å². The lowest BCUT2D eigenvalue weighted by Crippen LogP contribution is -2.49. The minimum Gasteiger partial charge on any atom is -0.481 e. The highest BCUT2D eigenvalue weighted by atomic mass is 16.5. The van der Waals surface area contributed by atoms with Gasteiger partial charge in [0.1, 0.15) is 0 Å². The number of aliphatic carboxylic acids is 1. The fourth-order valence-corrected chi connectivity index (χ4v) is 1.80. The average molecular weight is 245 g/mol. The summed E-state index contributed by atoms with van der Waals surface area (Å²) in [5.41, 5.74) is 0. The van der Waals surface area contributed by atoms with Gasteiger partial charge in [0, 0.05) is 13.2 Å². The molecule has 1 atom stereocenters. The van der Waals surface area contributed by atoms with Gasteiger partial charge in [-0.1, -0.05) is 0 Å². The Hall–Kier alpha value is -1.14. The zero-order valence-electron chi connectivity index (χ0n) is 10.1. The molecule has 0 radical (unpaired) electrons. The van der Waals surface area contributed by atoms with E-state index in [9.17, 15) is 9.59 Å². The molecule has 0 spiro atoms. The molecule has 1 N–H and O–H groups in total. The fraction of sp³-hybridized carbons (Fsp3) is 0.818. The number of nitrogens with zero attached hydrogens (tertiary/aromatic N) is 1. The van der Waals surface area contributed by atoms with Crippen molar-refractivity contribution in [1.82, 2.24) is 4.90 Å². The molecule has 1 fully saturated rings. The molecular weight excluding hydrogens is 226 g/mol. The van der Waals surface area contributed by atoms with Crippen molar-refractivity contribution in [2.24, 2.45) is 0 Å². The molecular formula is C11H19NO5. The Morgan fingerprint density at radius 3 is 2.94 bits per heavy atom. The highest BCUT2D eigenvalue weighted by molar-refractivity contribution is 5.77. The number of amides is 1. The average Bonchev–Trinajstić information content (AvgIpc) is 2.29. The number of carboxylic acid groups (broad SMARTS) is 1. The van der Waals surface area contributed by atoms with Gasteiger partial charge in [-0.3, -0.25) is 9.59 Å². The first-order valence-corrected chi connectivity index (χ1v) is 5.82. The molecule has 0 aromatic rings. The predicted octanol–water partition coefficient (Wildman–Crippen LogP) is 0.115. The van der Waals surface area contributed by atoms with Gasteiger partial charge in [0.05, 0.1) is 38.7 Å². The molecule has 98 valence electrons. The van der Waals surface area contributed by atoms with E-state index in [4.69, 9.17) is 14.6 Å². The predicted molar refractivity (Wildman–Crippen MR) is 59.7 cm³/mol. The molecule has 0 aromatic heterocycles. The van der Waals surface area contributed by atoms with E-state index < -0.39 is 5.97 Å².